The number of thiophene rings is 1. The van der Waals surface area contributed by atoms with Gasteiger partial charge in [0.25, 0.3) is 0 Å². The molecule has 0 saturated heterocycles. The van der Waals surface area contributed by atoms with Crippen LogP contribution in [0.1, 0.15) is 0 Å². The molecule has 0 radical (unpaired) electrons. The quantitative estimate of drug-likeness (QED) is 0.165. The number of nitrogens with zero attached hydrogens (tertiary/aromatic N) is 3. The van der Waals surface area contributed by atoms with Crippen LogP contribution in [0.4, 0.5) is 0 Å². The minimum absolute atomic E-state index is 0.635. The van der Waals surface area contributed by atoms with Crippen molar-refractivity contribution >= 4 is 31.5 Å². The third kappa shape index (κ3) is 6.29. The molecule has 4 heteroatoms. The van der Waals surface area contributed by atoms with E-state index in [2.05, 4.69) is 188 Å². The van der Waals surface area contributed by atoms with Gasteiger partial charge in [0.1, 0.15) is 0 Å². The lowest BCUT2D eigenvalue weighted by Gasteiger charge is -2.11. The molecular formula is C51H33N3S. The van der Waals surface area contributed by atoms with Gasteiger partial charge in [-0.25, -0.2) is 15.0 Å². The second-order valence-electron chi connectivity index (χ2n) is 13.6. The summed E-state index contributed by atoms with van der Waals surface area (Å²) in [5.41, 5.74) is 12.3. The molecule has 0 saturated carbocycles. The van der Waals surface area contributed by atoms with Crippen LogP contribution in [0, 0.1) is 0 Å². The molecular weight excluding hydrogens is 687 g/mol. The number of rotatable bonds is 7. The minimum atomic E-state index is 0.635. The third-order valence-corrected chi connectivity index (χ3v) is 11.5. The highest BCUT2D eigenvalue weighted by Gasteiger charge is 2.17. The molecule has 0 aliphatic rings. The zero-order valence-electron chi connectivity index (χ0n) is 29.8. The van der Waals surface area contributed by atoms with Gasteiger partial charge in [0, 0.05) is 36.9 Å². The van der Waals surface area contributed by atoms with E-state index >= 15 is 0 Å². The SMILES string of the molecule is c1ccc(-c2ccc(-c3nc(-c4ccc(-c5ccccc5)cc4)nc(-c4cccc(-c5cccc6c5sc5c(-c7ccccc7)cccc56)c4)n3)cc2)cc1. The van der Waals surface area contributed by atoms with Crippen LogP contribution >= 0.6 is 11.3 Å². The molecule has 0 aliphatic carbocycles. The zero-order chi connectivity index (χ0) is 36.6. The predicted molar refractivity (Wildman–Crippen MR) is 231 cm³/mol. The van der Waals surface area contributed by atoms with Gasteiger partial charge in [-0.15, -0.1) is 11.3 Å². The third-order valence-electron chi connectivity index (χ3n) is 10.2. The molecule has 0 aliphatic heterocycles. The Morgan fingerprint density at radius 2 is 0.600 bits per heavy atom. The Labute approximate surface area is 323 Å². The Morgan fingerprint density at radius 3 is 1.09 bits per heavy atom. The molecule has 10 aromatic rings. The lowest BCUT2D eigenvalue weighted by Crippen LogP contribution is -2.00. The van der Waals surface area contributed by atoms with Gasteiger partial charge in [-0.2, -0.15) is 0 Å². The molecule has 0 bridgehead atoms. The van der Waals surface area contributed by atoms with E-state index < -0.39 is 0 Å². The first-order valence-corrected chi connectivity index (χ1v) is 19.3. The smallest absolute Gasteiger partial charge is 0.164 e. The van der Waals surface area contributed by atoms with Crippen LogP contribution in [0.25, 0.3) is 98.8 Å². The van der Waals surface area contributed by atoms with Gasteiger partial charge in [0.15, 0.2) is 17.5 Å². The summed E-state index contributed by atoms with van der Waals surface area (Å²) in [5, 5.41) is 2.55. The van der Waals surface area contributed by atoms with Crippen LogP contribution in [0.2, 0.25) is 0 Å². The molecule has 10 rings (SSSR count). The normalized spacial score (nSPS) is 11.3. The van der Waals surface area contributed by atoms with Gasteiger partial charge in [-0.05, 0) is 50.6 Å². The van der Waals surface area contributed by atoms with E-state index in [1.54, 1.807) is 0 Å². The van der Waals surface area contributed by atoms with Gasteiger partial charge in [-0.1, -0.05) is 194 Å². The van der Waals surface area contributed by atoms with Crippen molar-refractivity contribution < 1.29 is 0 Å². The summed E-state index contributed by atoms with van der Waals surface area (Å²) in [6.45, 7) is 0. The van der Waals surface area contributed by atoms with Crippen LogP contribution in [0.15, 0.2) is 200 Å². The Balaban J connectivity index is 1.08. The first-order valence-electron chi connectivity index (χ1n) is 18.4. The average Bonchev–Trinajstić information content (AvgIpc) is 3.67. The van der Waals surface area contributed by atoms with Gasteiger partial charge in [0.05, 0.1) is 0 Å². The fraction of sp³-hybridized carbons (Fsp3) is 0. The van der Waals surface area contributed by atoms with Crippen molar-refractivity contribution in [2.75, 3.05) is 0 Å². The van der Waals surface area contributed by atoms with E-state index in [1.807, 2.05) is 23.5 Å². The summed E-state index contributed by atoms with van der Waals surface area (Å²) in [5.74, 6) is 1.91. The van der Waals surface area contributed by atoms with Crippen molar-refractivity contribution in [1.82, 2.24) is 15.0 Å². The Hall–Kier alpha value is -7.01. The monoisotopic (exact) mass is 719 g/mol. The Bertz CT molecular complexity index is 2840. The van der Waals surface area contributed by atoms with Crippen LogP contribution in [0.5, 0.6) is 0 Å². The van der Waals surface area contributed by atoms with E-state index in [9.17, 15) is 0 Å². The molecule has 0 atom stereocenters. The molecule has 8 aromatic carbocycles. The van der Waals surface area contributed by atoms with Crippen LogP contribution in [-0.4, -0.2) is 15.0 Å². The maximum atomic E-state index is 5.12. The molecule has 3 nitrogen and oxygen atoms in total. The number of aromatic nitrogens is 3. The maximum absolute atomic E-state index is 5.12. The Kier molecular flexibility index (Phi) is 8.36. The summed E-state index contributed by atoms with van der Waals surface area (Å²) >= 11 is 1.86. The lowest BCUT2D eigenvalue weighted by atomic mass is 9.99. The standard InChI is InChI=1S/C51H33N3S/c1-4-13-34(14-5-1)36-25-29-39(30-26-36)49-52-50(40-31-27-37(28-32-40)35-15-6-2-7-16-35)54-51(53-49)42-20-10-19-41(33-42)44-22-12-24-46-45-23-11-21-43(47(45)55-48(44)46)38-17-8-3-9-18-38/h1-33H. The van der Waals surface area contributed by atoms with E-state index in [0.29, 0.717) is 17.5 Å². The molecule has 0 N–H and O–H groups in total. The predicted octanol–water partition coefficient (Wildman–Crippen LogP) is 13.9. The van der Waals surface area contributed by atoms with Crippen molar-refractivity contribution in [1.29, 1.82) is 0 Å². The highest BCUT2D eigenvalue weighted by Crippen LogP contribution is 2.44. The van der Waals surface area contributed by atoms with Crippen LogP contribution < -0.4 is 0 Å². The van der Waals surface area contributed by atoms with Gasteiger partial charge in [-0.3, -0.25) is 0 Å². The van der Waals surface area contributed by atoms with Crippen molar-refractivity contribution in [3.8, 4) is 78.7 Å². The summed E-state index contributed by atoms with van der Waals surface area (Å²) < 4.78 is 2.57. The molecule has 2 heterocycles. The number of benzene rings is 8. The zero-order valence-corrected chi connectivity index (χ0v) is 30.6. The molecule has 0 spiro atoms. The molecule has 258 valence electrons. The van der Waals surface area contributed by atoms with Crippen molar-refractivity contribution in [3.63, 3.8) is 0 Å². The number of fused-ring (bicyclic) bond motifs is 3. The van der Waals surface area contributed by atoms with Crippen molar-refractivity contribution in [2.24, 2.45) is 0 Å². The van der Waals surface area contributed by atoms with Gasteiger partial charge in [0.2, 0.25) is 0 Å². The van der Waals surface area contributed by atoms with E-state index in [1.165, 1.54) is 48.0 Å². The fourth-order valence-corrected chi connectivity index (χ4v) is 8.74. The average molecular weight is 720 g/mol. The molecule has 55 heavy (non-hydrogen) atoms. The van der Waals surface area contributed by atoms with Crippen LogP contribution in [0.3, 0.4) is 0 Å². The highest BCUT2D eigenvalue weighted by molar-refractivity contribution is 7.26. The topological polar surface area (TPSA) is 38.7 Å². The second-order valence-corrected chi connectivity index (χ2v) is 14.6. The molecule has 0 fully saturated rings. The van der Waals surface area contributed by atoms with Gasteiger partial charge >= 0.3 is 0 Å². The fourth-order valence-electron chi connectivity index (χ4n) is 7.37. The maximum Gasteiger partial charge on any atom is 0.164 e. The van der Waals surface area contributed by atoms with Crippen molar-refractivity contribution in [2.45, 2.75) is 0 Å². The highest BCUT2D eigenvalue weighted by atomic mass is 32.1. The van der Waals surface area contributed by atoms with E-state index in [0.717, 1.165) is 33.4 Å². The van der Waals surface area contributed by atoms with E-state index in [-0.39, 0.29) is 0 Å². The van der Waals surface area contributed by atoms with Gasteiger partial charge < -0.3 is 0 Å². The van der Waals surface area contributed by atoms with Crippen molar-refractivity contribution in [3.05, 3.63) is 200 Å². The minimum Gasteiger partial charge on any atom is -0.208 e. The largest absolute Gasteiger partial charge is 0.208 e. The Morgan fingerprint density at radius 1 is 0.255 bits per heavy atom. The molecule has 0 amide bonds. The summed E-state index contributed by atoms with van der Waals surface area (Å²) in [6, 6.07) is 70.4. The molecule has 2 aromatic heterocycles. The second kappa shape index (κ2) is 14.1. The lowest BCUT2D eigenvalue weighted by molar-refractivity contribution is 1.07. The van der Waals surface area contributed by atoms with Crippen LogP contribution in [-0.2, 0) is 0 Å². The number of hydrogen-bond donors (Lipinski definition) is 0. The summed E-state index contributed by atoms with van der Waals surface area (Å²) in [7, 11) is 0. The number of hydrogen-bond acceptors (Lipinski definition) is 4. The molecule has 0 unspecified atom stereocenters. The van der Waals surface area contributed by atoms with E-state index in [4.69, 9.17) is 15.0 Å². The summed E-state index contributed by atoms with van der Waals surface area (Å²) in [4.78, 5) is 15.3. The first-order chi connectivity index (χ1) is 27.2. The summed E-state index contributed by atoms with van der Waals surface area (Å²) in [6.07, 6.45) is 0. The first kappa shape index (κ1) is 32.6.